The van der Waals surface area contributed by atoms with E-state index in [2.05, 4.69) is 0 Å². The smallest absolute Gasteiger partial charge is 0.202 e. The van der Waals surface area contributed by atoms with Gasteiger partial charge in [-0.15, -0.1) is 0 Å². The van der Waals surface area contributed by atoms with Gasteiger partial charge in [0.05, 0.1) is 0 Å². The first-order chi connectivity index (χ1) is 5.97. The summed E-state index contributed by atoms with van der Waals surface area (Å²) in [4.78, 5) is 21.8. The number of carbonyl (C=O) groups excluding carboxylic acids is 2. The molecule has 0 aromatic rings. The third-order valence-corrected chi connectivity index (χ3v) is 2.04. The SMILES string of the molecule is CC(C)CC(=O)CC([C]=O)C(C)C. The molecule has 0 aromatic carbocycles. The highest BCUT2D eigenvalue weighted by Gasteiger charge is 2.17. The summed E-state index contributed by atoms with van der Waals surface area (Å²) in [5, 5.41) is 0. The van der Waals surface area contributed by atoms with E-state index in [1.807, 2.05) is 34.0 Å². The van der Waals surface area contributed by atoms with E-state index in [1.54, 1.807) is 0 Å². The van der Waals surface area contributed by atoms with Crippen LogP contribution < -0.4 is 0 Å². The van der Waals surface area contributed by atoms with Crippen LogP contribution in [0.3, 0.4) is 0 Å². The van der Waals surface area contributed by atoms with Gasteiger partial charge in [0.1, 0.15) is 5.78 Å². The van der Waals surface area contributed by atoms with Crippen molar-refractivity contribution in [2.75, 3.05) is 0 Å². The van der Waals surface area contributed by atoms with Crippen molar-refractivity contribution in [3.63, 3.8) is 0 Å². The monoisotopic (exact) mass is 183 g/mol. The van der Waals surface area contributed by atoms with Gasteiger partial charge >= 0.3 is 0 Å². The Bertz CT molecular complexity index is 171. The lowest BCUT2D eigenvalue weighted by atomic mass is 9.90. The Morgan fingerprint density at radius 3 is 2.00 bits per heavy atom. The van der Waals surface area contributed by atoms with Gasteiger partial charge in [0.25, 0.3) is 0 Å². The van der Waals surface area contributed by atoms with Crippen LogP contribution in [0.2, 0.25) is 0 Å². The van der Waals surface area contributed by atoms with Gasteiger partial charge in [-0.3, -0.25) is 9.59 Å². The maximum absolute atomic E-state index is 11.3. The van der Waals surface area contributed by atoms with Gasteiger partial charge in [0.15, 0.2) is 0 Å². The first-order valence-corrected chi connectivity index (χ1v) is 4.86. The number of hydrogen-bond acceptors (Lipinski definition) is 2. The summed E-state index contributed by atoms with van der Waals surface area (Å²) in [6, 6.07) is 0. The Morgan fingerprint density at radius 2 is 1.69 bits per heavy atom. The van der Waals surface area contributed by atoms with Crippen molar-refractivity contribution in [1.82, 2.24) is 0 Å². The molecule has 0 fully saturated rings. The largest absolute Gasteiger partial charge is 0.300 e. The average molecular weight is 183 g/mol. The summed E-state index contributed by atoms with van der Waals surface area (Å²) in [6.45, 7) is 7.90. The van der Waals surface area contributed by atoms with E-state index in [1.165, 1.54) is 0 Å². The molecule has 0 saturated carbocycles. The normalized spacial score (nSPS) is 13.4. The minimum absolute atomic E-state index is 0.178. The minimum atomic E-state index is -0.216. The second kappa shape index (κ2) is 5.90. The zero-order valence-electron chi connectivity index (χ0n) is 8.96. The minimum Gasteiger partial charge on any atom is -0.300 e. The molecule has 2 nitrogen and oxygen atoms in total. The van der Waals surface area contributed by atoms with Gasteiger partial charge in [-0.05, 0) is 11.8 Å². The van der Waals surface area contributed by atoms with E-state index in [0.29, 0.717) is 18.8 Å². The fourth-order valence-corrected chi connectivity index (χ4v) is 1.20. The topological polar surface area (TPSA) is 34.1 Å². The molecule has 0 bridgehead atoms. The molecule has 0 aromatic heterocycles. The average Bonchev–Trinajstić information content (AvgIpc) is 1.98. The molecular weight excluding hydrogens is 164 g/mol. The van der Waals surface area contributed by atoms with Gasteiger partial charge in [-0.25, -0.2) is 0 Å². The first-order valence-electron chi connectivity index (χ1n) is 4.86. The van der Waals surface area contributed by atoms with Crippen LogP contribution in [0.1, 0.15) is 40.5 Å². The van der Waals surface area contributed by atoms with Crippen LogP contribution in [0.15, 0.2) is 0 Å². The van der Waals surface area contributed by atoms with Crippen LogP contribution in [0.4, 0.5) is 0 Å². The van der Waals surface area contributed by atoms with E-state index >= 15 is 0 Å². The Balaban J connectivity index is 3.94. The van der Waals surface area contributed by atoms with E-state index in [9.17, 15) is 9.59 Å². The fourth-order valence-electron chi connectivity index (χ4n) is 1.20. The van der Waals surface area contributed by atoms with Crippen molar-refractivity contribution >= 4 is 12.1 Å². The third-order valence-electron chi connectivity index (χ3n) is 2.04. The van der Waals surface area contributed by atoms with Gasteiger partial charge in [-0.2, -0.15) is 0 Å². The maximum Gasteiger partial charge on any atom is 0.202 e. The molecule has 0 aliphatic heterocycles. The number of carbonyl (C=O) groups is 1. The van der Waals surface area contributed by atoms with Crippen molar-refractivity contribution in [2.45, 2.75) is 40.5 Å². The molecule has 75 valence electrons. The van der Waals surface area contributed by atoms with Crippen molar-refractivity contribution in [1.29, 1.82) is 0 Å². The van der Waals surface area contributed by atoms with Crippen molar-refractivity contribution in [3.8, 4) is 0 Å². The van der Waals surface area contributed by atoms with Crippen molar-refractivity contribution in [2.24, 2.45) is 17.8 Å². The van der Waals surface area contributed by atoms with E-state index in [-0.39, 0.29) is 17.6 Å². The highest BCUT2D eigenvalue weighted by atomic mass is 16.1. The molecule has 0 saturated heterocycles. The molecule has 1 atom stereocenters. The Labute approximate surface area is 80.7 Å². The molecule has 0 N–H and O–H groups in total. The van der Waals surface area contributed by atoms with Crippen LogP contribution in [-0.4, -0.2) is 12.1 Å². The second-order valence-electron chi connectivity index (χ2n) is 4.31. The summed E-state index contributed by atoms with van der Waals surface area (Å²) in [7, 11) is 0. The third kappa shape index (κ3) is 5.56. The number of Topliss-reactive ketones (excluding diaryl/α,β-unsaturated/α-hetero) is 1. The van der Waals surface area contributed by atoms with Crippen molar-refractivity contribution < 1.29 is 9.59 Å². The lowest BCUT2D eigenvalue weighted by Gasteiger charge is -2.12. The van der Waals surface area contributed by atoms with Gasteiger partial charge in [0.2, 0.25) is 6.29 Å². The summed E-state index contributed by atoms with van der Waals surface area (Å²) in [5.74, 6) is 0.559. The van der Waals surface area contributed by atoms with Gasteiger partial charge in [-0.1, -0.05) is 27.7 Å². The number of ketones is 1. The van der Waals surface area contributed by atoms with Gasteiger partial charge in [0, 0.05) is 18.8 Å². The van der Waals surface area contributed by atoms with Crippen LogP contribution in [0.25, 0.3) is 0 Å². The predicted molar refractivity (Wildman–Crippen MR) is 53.1 cm³/mol. The molecule has 1 unspecified atom stereocenters. The van der Waals surface area contributed by atoms with Crippen LogP contribution in [-0.2, 0) is 9.59 Å². The summed E-state index contributed by atoms with van der Waals surface area (Å²) >= 11 is 0. The quantitative estimate of drug-likeness (QED) is 0.633. The number of hydrogen-bond donors (Lipinski definition) is 0. The molecule has 0 aliphatic carbocycles. The Kier molecular flexibility index (Phi) is 5.60. The first kappa shape index (κ1) is 12.3. The fraction of sp³-hybridized carbons (Fsp3) is 0.818. The van der Waals surface area contributed by atoms with Crippen molar-refractivity contribution in [3.05, 3.63) is 0 Å². The van der Waals surface area contributed by atoms with Gasteiger partial charge < -0.3 is 0 Å². The molecule has 0 aliphatic rings. The van der Waals surface area contributed by atoms with E-state index < -0.39 is 0 Å². The molecule has 1 radical (unpaired) electrons. The summed E-state index contributed by atoms with van der Waals surface area (Å²) in [6.07, 6.45) is 2.87. The Morgan fingerprint density at radius 1 is 1.15 bits per heavy atom. The van der Waals surface area contributed by atoms with Crippen LogP contribution >= 0.6 is 0 Å². The summed E-state index contributed by atoms with van der Waals surface area (Å²) in [5.41, 5.74) is 0. The highest BCUT2D eigenvalue weighted by molar-refractivity contribution is 5.81. The zero-order chi connectivity index (χ0) is 10.4. The predicted octanol–water partition coefficient (Wildman–Crippen LogP) is 2.37. The molecule has 13 heavy (non-hydrogen) atoms. The Hall–Kier alpha value is -0.660. The zero-order valence-corrected chi connectivity index (χ0v) is 8.96. The summed E-state index contributed by atoms with van der Waals surface area (Å²) < 4.78 is 0. The van der Waals surface area contributed by atoms with Crippen LogP contribution in [0, 0.1) is 17.8 Å². The molecular formula is C11H19O2. The van der Waals surface area contributed by atoms with Crippen LogP contribution in [0.5, 0.6) is 0 Å². The molecule has 2 heteroatoms. The molecule has 0 rings (SSSR count). The second-order valence-corrected chi connectivity index (χ2v) is 4.31. The molecule has 0 amide bonds. The molecule has 0 spiro atoms. The van der Waals surface area contributed by atoms with E-state index in [4.69, 9.17) is 0 Å². The number of rotatable bonds is 6. The highest BCUT2D eigenvalue weighted by Crippen LogP contribution is 2.15. The standard InChI is InChI=1S/C11H19O2/c1-8(2)5-11(13)6-10(7-12)9(3)4/h8-10H,5-6H2,1-4H3. The molecule has 0 heterocycles. The van der Waals surface area contributed by atoms with E-state index in [0.717, 1.165) is 0 Å². The lowest BCUT2D eigenvalue weighted by molar-refractivity contribution is -0.120. The lowest BCUT2D eigenvalue weighted by Crippen LogP contribution is -2.16. The maximum atomic E-state index is 11.3.